The van der Waals surface area contributed by atoms with Gasteiger partial charge in [0.2, 0.25) is 16.0 Å². The summed E-state index contributed by atoms with van der Waals surface area (Å²) in [4.78, 5) is 7.32. The number of nitrogens with zero attached hydrogens (tertiary/aromatic N) is 2. The minimum atomic E-state index is -3.41. The van der Waals surface area contributed by atoms with Gasteiger partial charge in [0.05, 0.1) is 0 Å². The van der Waals surface area contributed by atoms with Crippen molar-refractivity contribution in [1.82, 2.24) is 9.97 Å². The van der Waals surface area contributed by atoms with Gasteiger partial charge >= 0.3 is 0 Å². The van der Waals surface area contributed by atoms with Crippen LogP contribution in [0.1, 0.15) is 0 Å². The summed E-state index contributed by atoms with van der Waals surface area (Å²) in [5.41, 5.74) is 0. The average Bonchev–Trinajstić information content (AvgIpc) is 2.03. The van der Waals surface area contributed by atoms with Crippen molar-refractivity contribution in [2.24, 2.45) is 0 Å². The highest BCUT2D eigenvalue weighted by molar-refractivity contribution is 9.10. The third-order valence-electron chi connectivity index (χ3n) is 1.01. The van der Waals surface area contributed by atoms with Crippen LogP contribution in [-0.2, 0) is 10.0 Å². The Kier molecular flexibility index (Phi) is 3.46. The molecule has 5 nitrogen and oxygen atoms in total. The first-order chi connectivity index (χ1) is 6.03. The van der Waals surface area contributed by atoms with Crippen LogP contribution in [0.25, 0.3) is 0 Å². The number of rotatable bonds is 3. The summed E-state index contributed by atoms with van der Waals surface area (Å²) in [6, 6.07) is 1.45. The van der Waals surface area contributed by atoms with E-state index in [4.69, 9.17) is 11.6 Å². The molecule has 1 rings (SSSR count). The third-order valence-corrected chi connectivity index (χ3v) is 3.81. The fourth-order valence-electron chi connectivity index (χ4n) is 0.552. The van der Waals surface area contributed by atoms with Crippen molar-refractivity contribution in [2.45, 2.75) is 0 Å². The van der Waals surface area contributed by atoms with E-state index in [2.05, 4.69) is 30.6 Å². The first-order valence-corrected chi connectivity index (χ1v) is 6.24. The first kappa shape index (κ1) is 10.7. The Morgan fingerprint density at radius 2 is 2.31 bits per heavy atom. The second-order valence-corrected chi connectivity index (χ2v) is 5.44. The van der Waals surface area contributed by atoms with Gasteiger partial charge in [-0.1, -0.05) is 27.5 Å². The third kappa shape index (κ3) is 3.45. The number of hydrogen-bond acceptors (Lipinski definition) is 4. The van der Waals surface area contributed by atoms with Crippen LogP contribution >= 0.6 is 27.5 Å². The highest BCUT2D eigenvalue weighted by atomic mass is 79.9. The smallest absolute Gasteiger partial charge is 0.245 e. The van der Waals surface area contributed by atoms with Gasteiger partial charge in [0.1, 0.15) is 9.82 Å². The maximum absolute atomic E-state index is 11.0. The van der Waals surface area contributed by atoms with Crippen LogP contribution in [-0.4, -0.2) is 23.0 Å². The molecule has 0 aliphatic carbocycles. The Morgan fingerprint density at radius 1 is 1.62 bits per heavy atom. The zero-order valence-corrected chi connectivity index (χ0v) is 9.40. The quantitative estimate of drug-likeness (QED) is 0.670. The highest BCUT2D eigenvalue weighted by Gasteiger charge is 2.09. The molecule has 0 saturated carbocycles. The lowest BCUT2D eigenvalue weighted by molar-refractivity contribution is 0.605. The minimum Gasteiger partial charge on any atom is -0.250 e. The minimum absolute atomic E-state index is 0.0352. The molecule has 0 aliphatic heterocycles. The average molecular weight is 287 g/mol. The summed E-state index contributed by atoms with van der Waals surface area (Å²) in [5, 5.41) is 0.183. The number of nitrogens with one attached hydrogen (secondary N) is 1. The van der Waals surface area contributed by atoms with E-state index in [1.165, 1.54) is 12.3 Å². The maximum Gasteiger partial charge on any atom is 0.245 e. The van der Waals surface area contributed by atoms with Crippen LogP contribution in [0.4, 0.5) is 5.95 Å². The summed E-state index contributed by atoms with van der Waals surface area (Å²) in [6.07, 6.45) is 1.36. The van der Waals surface area contributed by atoms with Crippen molar-refractivity contribution in [3.8, 4) is 0 Å². The molecule has 0 amide bonds. The van der Waals surface area contributed by atoms with Gasteiger partial charge in [-0.3, -0.25) is 4.72 Å². The van der Waals surface area contributed by atoms with E-state index in [1.807, 2.05) is 0 Å². The van der Waals surface area contributed by atoms with Crippen molar-refractivity contribution in [3.05, 3.63) is 17.4 Å². The molecule has 0 saturated heterocycles. The van der Waals surface area contributed by atoms with Gasteiger partial charge in [-0.25, -0.2) is 18.4 Å². The number of alkyl halides is 1. The molecule has 1 aromatic heterocycles. The van der Waals surface area contributed by atoms with Crippen molar-refractivity contribution >= 4 is 43.5 Å². The number of anilines is 1. The van der Waals surface area contributed by atoms with Gasteiger partial charge in [0.25, 0.3) is 0 Å². The lowest BCUT2D eigenvalue weighted by Crippen LogP contribution is -2.15. The number of hydrogen-bond donors (Lipinski definition) is 1. The van der Waals surface area contributed by atoms with E-state index >= 15 is 0 Å². The zero-order valence-electron chi connectivity index (χ0n) is 6.24. The Bertz CT molecular complexity index is 397. The second kappa shape index (κ2) is 4.21. The van der Waals surface area contributed by atoms with Crippen LogP contribution in [0.5, 0.6) is 0 Å². The molecule has 0 aromatic carbocycles. The summed E-state index contributed by atoms with van der Waals surface area (Å²) >= 11 is 8.33. The summed E-state index contributed by atoms with van der Waals surface area (Å²) < 4.78 is 23.9. The molecule has 0 fully saturated rings. The molecule has 0 atom stereocenters. The Labute approximate surface area is 88.7 Å². The van der Waals surface area contributed by atoms with Crippen molar-refractivity contribution in [2.75, 3.05) is 9.38 Å². The van der Waals surface area contributed by atoms with Crippen LogP contribution in [0.15, 0.2) is 12.3 Å². The molecular weight excluding hydrogens is 281 g/mol. The summed E-state index contributed by atoms with van der Waals surface area (Å²) in [6.45, 7) is 0. The summed E-state index contributed by atoms with van der Waals surface area (Å²) in [5.74, 6) is -0.0352. The second-order valence-electron chi connectivity index (χ2n) is 2.03. The van der Waals surface area contributed by atoms with E-state index < -0.39 is 10.0 Å². The Morgan fingerprint density at radius 3 is 2.85 bits per heavy atom. The molecule has 0 unspecified atom stereocenters. The molecule has 0 aliphatic rings. The van der Waals surface area contributed by atoms with Crippen LogP contribution in [0.2, 0.25) is 5.15 Å². The largest absolute Gasteiger partial charge is 0.250 e. The fourth-order valence-corrected chi connectivity index (χ4v) is 1.46. The number of sulfonamides is 1. The van der Waals surface area contributed by atoms with E-state index in [9.17, 15) is 8.42 Å². The van der Waals surface area contributed by atoms with Crippen LogP contribution < -0.4 is 4.72 Å². The molecule has 1 aromatic rings. The molecule has 8 heteroatoms. The Balaban J connectivity index is 2.87. The van der Waals surface area contributed by atoms with Gasteiger partial charge in [0, 0.05) is 6.20 Å². The summed E-state index contributed by atoms with van der Waals surface area (Å²) in [7, 11) is -3.41. The zero-order chi connectivity index (χ0) is 9.90. The van der Waals surface area contributed by atoms with E-state index in [1.54, 1.807) is 0 Å². The topological polar surface area (TPSA) is 72.0 Å². The van der Waals surface area contributed by atoms with Gasteiger partial charge in [0.15, 0.2) is 0 Å². The molecular formula is C5H5BrClN3O2S. The molecule has 0 radical (unpaired) electrons. The van der Waals surface area contributed by atoms with Gasteiger partial charge in [-0.15, -0.1) is 0 Å². The predicted octanol–water partition coefficient (Wildman–Crippen LogP) is 1.22. The maximum atomic E-state index is 11.0. The molecule has 13 heavy (non-hydrogen) atoms. The van der Waals surface area contributed by atoms with Crippen LogP contribution in [0, 0.1) is 0 Å². The normalized spacial score (nSPS) is 11.2. The SMILES string of the molecule is O=S(=O)(CBr)Nc1nccc(Cl)n1. The Hall–Kier alpha value is -0.400. The van der Waals surface area contributed by atoms with E-state index in [-0.39, 0.29) is 15.8 Å². The predicted molar refractivity (Wildman–Crippen MR) is 53.4 cm³/mol. The number of halogens is 2. The van der Waals surface area contributed by atoms with Crippen molar-refractivity contribution in [3.63, 3.8) is 0 Å². The standard InChI is InChI=1S/C5H5BrClN3O2S/c6-3-13(11,12)10-5-8-2-1-4(7)9-5/h1-2H,3H2,(H,8,9,10). The van der Waals surface area contributed by atoms with Crippen molar-refractivity contribution < 1.29 is 8.42 Å². The molecule has 1 N–H and O–H groups in total. The molecule has 72 valence electrons. The fraction of sp³-hybridized carbons (Fsp3) is 0.200. The lowest BCUT2D eigenvalue weighted by Gasteiger charge is -2.02. The lowest BCUT2D eigenvalue weighted by atomic mass is 10.7. The number of aromatic nitrogens is 2. The molecule has 1 heterocycles. The molecule has 0 spiro atoms. The van der Waals surface area contributed by atoms with Gasteiger partial charge in [-0.2, -0.15) is 0 Å². The van der Waals surface area contributed by atoms with Gasteiger partial charge < -0.3 is 0 Å². The molecule has 0 bridgehead atoms. The van der Waals surface area contributed by atoms with Gasteiger partial charge in [-0.05, 0) is 6.07 Å². The highest BCUT2D eigenvalue weighted by Crippen LogP contribution is 2.07. The van der Waals surface area contributed by atoms with E-state index in [0.29, 0.717) is 0 Å². The van der Waals surface area contributed by atoms with E-state index in [0.717, 1.165) is 0 Å². The van der Waals surface area contributed by atoms with Crippen molar-refractivity contribution in [1.29, 1.82) is 0 Å². The monoisotopic (exact) mass is 285 g/mol. The van der Waals surface area contributed by atoms with Crippen LogP contribution in [0.3, 0.4) is 0 Å². The first-order valence-electron chi connectivity index (χ1n) is 3.08.